The summed E-state index contributed by atoms with van der Waals surface area (Å²) < 4.78 is 0. The van der Waals surface area contributed by atoms with Gasteiger partial charge >= 0.3 is 5.97 Å². The van der Waals surface area contributed by atoms with Crippen LogP contribution in [0.2, 0.25) is 0 Å². The molecule has 0 aromatic carbocycles. The summed E-state index contributed by atoms with van der Waals surface area (Å²) >= 11 is 0. The van der Waals surface area contributed by atoms with Gasteiger partial charge < -0.3 is 10.4 Å². The number of hydrogen-bond acceptors (Lipinski definition) is 3. The van der Waals surface area contributed by atoms with Gasteiger partial charge in [0.1, 0.15) is 0 Å². The average Bonchev–Trinajstić information content (AvgIpc) is 3.20. The van der Waals surface area contributed by atoms with Crippen LogP contribution >= 0.6 is 0 Å². The molecule has 5 heteroatoms. The number of carbonyl (C=O) groups is 2. The molecule has 0 aromatic rings. The fourth-order valence-electron chi connectivity index (χ4n) is 2.82. The molecule has 1 aliphatic heterocycles. The highest BCUT2D eigenvalue weighted by Crippen LogP contribution is 2.33. The maximum Gasteiger partial charge on any atom is 0.310 e. The molecule has 1 saturated carbocycles. The molecule has 0 aromatic heterocycles. The van der Waals surface area contributed by atoms with Crippen molar-refractivity contribution in [2.45, 2.75) is 39.0 Å². The average molecular weight is 268 g/mol. The van der Waals surface area contributed by atoms with Gasteiger partial charge in [-0.3, -0.25) is 14.5 Å². The first-order chi connectivity index (χ1) is 9.05. The third-order valence-corrected chi connectivity index (χ3v) is 4.44. The van der Waals surface area contributed by atoms with Crippen molar-refractivity contribution >= 4 is 11.9 Å². The van der Waals surface area contributed by atoms with Gasteiger partial charge in [0, 0.05) is 13.1 Å². The molecule has 0 spiro atoms. The Morgan fingerprint density at radius 1 is 1.42 bits per heavy atom. The molecule has 5 nitrogen and oxygen atoms in total. The molecule has 2 N–H and O–H groups in total. The summed E-state index contributed by atoms with van der Waals surface area (Å²) in [6.07, 6.45) is 4.65. The van der Waals surface area contributed by atoms with Crippen molar-refractivity contribution in [3.63, 3.8) is 0 Å². The standard InChI is InChI=1S/C14H24N2O3/c1-2-14(13(18)19)6-3-7-16(10-14)9-12(17)15-8-11-4-5-11/h11H,2-10H2,1H3,(H,15,17)(H,18,19). The lowest BCUT2D eigenvalue weighted by Crippen LogP contribution is -2.50. The lowest BCUT2D eigenvalue weighted by atomic mass is 9.77. The minimum Gasteiger partial charge on any atom is -0.481 e. The number of carboxylic acid groups (broad SMARTS) is 1. The second-order valence-corrected chi connectivity index (χ2v) is 6.00. The van der Waals surface area contributed by atoms with Crippen molar-refractivity contribution < 1.29 is 14.7 Å². The van der Waals surface area contributed by atoms with E-state index >= 15 is 0 Å². The van der Waals surface area contributed by atoms with Gasteiger partial charge in [-0.1, -0.05) is 6.92 Å². The van der Waals surface area contributed by atoms with Crippen LogP contribution < -0.4 is 5.32 Å². The van der Waals surface area contributed by atoms with E-state index in [1.807, 2.05) is 11.8 Å². The van der Waals surface area contributed by atoms with Gasteiger partial charge in [-0.05, 0) is 44.6 Å². The molecule has 1 aliphatic carbocycles. The first-order valence-electron chi connectivity index (χ1n) is 7.28. The van der Waals surface area contributed by atoms with E-state index in [0.29, 0.717) is 25.4 Å². The van der Waals surface area contributed by atoms with Gasteiger partial charge in [0.05, 0.1) is 12.0 Å². The van der Waals surface area contributed by atoms with Crippen molar-refractivity contribution in [3.8, 4) is 0 Å². The molecular formula is C14H24N2O3. The predicted molar refractivity (Wildman–Crippen MR) is 71.8 cm³/mol. The quantitative estimate of drug-likeness (QED) is 0.756. The number of amides is 1. The maximum absolute atomic E-state index is 11.8. The molecule has 0 radical (unpaired) electrons. The summed E-state index contributed by atoms with van der Waals surface area (Å²) in [5.41, 5.74) is -0.658. The lowest BCUT2D eigenvalue weighted by molar-refractivity contribution is -0.153. The molecule has 108 valence electrons. The highest BCUT2D eigenvalue weighted by molar-refractivity contribution is 5.78. The number of hydrogen-bond donors (Lipinski definition) is 2. The number of carboxylic acids is 1. The van der Waals surface area contributed by atoms with E-state index in [2.05, 4.69) is 5.32 Å². The minimum atomic E-state index is -0.724. The van der Waals surface area contributed by atoms with Crippen LogP contribution in [0.1, 0.15) is 39.0 Å². The number of nitrogens with one attached hydrogen (secondary N) is 1. The molecule has 1 saturated heterocycles. The highest BCUT2D eigenvalue weighted by Gasteiger charge is 2.41. The summed E-state index contributed by atoms with van der Waals surface area (Å²) in [5, 5.41) is 12.3. The smallest absolute Gasteiger partial charge is 0.310 e. The zero-order chi connectivity index (χ0) is 13.9. The fourth-order valence-corrected chi connectivity index (χ4v) is 2.82. The summed E-state index contributed by atoms with van der Waals surface area (Å²) in [4.78, 5) is 25.2. The van der Waals surface area contributed by atoms with E-state index in [4.69, 9.17) is 0 Å². The normalized spacial score (nSPS) is 28.1. The van der Waals surface area contributed by atoms with Crippen molar-refractivity contribution in [1.29, 1.82) is 0 Å². The second-order valence-electron chi connectivity index (χ2n) is 6.00. The largest absolute Gasteiger partial charge is 0.481 e. The highest BCUT2D eigenvalue weighted by atomic mass is 16.4. The van der Waals surface area contributed by atoms with E-state index in [1.54, 1.807) is 0 Å². The lowest BCUT2D eigenvalue weighted by Gasteiger charge is -2.39. The summed E-state index contributed by atoms with van der Waals surface area (Å²) in [6.45, 7) is 4.36. The predicted octanol–water partition coefficient (Wildman–Crippen LogP) is 1.09. The SMILES string of the molecule is CCC1(C(=O)O)CCCN(CC(=O)NCC2CC2)C1. The molecule has 0 bridgehead atoms. The summed E-state index contributed by atoms with van der Waals surface area (Å²) in [6, 6.07) is 0. The number of nitrogens with zero attached hydrogens (tertiary/aromatic N) is 1. The van der Waals surface area contributed by atoms with Crippen LogP contribution in [-0.4, -0.2) is 48.1 Å². The van der Waals surface area contributed by atoms with Crippen molar-refractivity contribution in [2.75, 3.05) is 26.2 Å². The molecule has 1 atom stereocenters. The Balaban J connectivity index is 1.82. The molecule has 2 rings (SSSR count). The van der Waals surface area contributed by atoms with Crippen LogP contribution in [0.25, 0.3) is 0 Å². The van der Waals surface area contributed by atoms with Gasteiger partial charge in [-0.25, -0.2) is 0 Å². The van der Waals surface area contributed by atoms with Gasteiger partial charge in [0.25, 0.3) is 0 Å². The molecule has 1 unspecified atom stereocenters. The monoisotopic (exact) mass is 268 g/mol. The van der Waals surface area contributed by atoms with Crippen LogP contribution in [0.5, 0.6) is 0 Å². The Morgan fingerprint density at radius 3 is 2.74 bits per heavy atom. The maximum atomic E-state index is 11.8. The Hall–Kier alpha value is -1.10. The molecule has 2 fully saturated rings. The van der Waals surface area contributed by atoms with Crippen molar-refractivity contribution in [2.24, 2.45) is 11.3 Å². The Morgan fingerprint density at radius 2 is 2.16 bits per heavy atom. The Kier molecular flexibility index (Phi) is 4.45. The van der Waals surface area contributed by atoms with Crippen LogP contribution in [0, 0.1) is 11.3 Å². The van der Waals surface area contributed by atoms with E-state index < -0.39 is 11.4 Å². The van der Waals surface area contributed by atoms with E-state index in [9.17, 15) is 14.7 Å². The minimum absolute atomic E-state index is 0.0317. The van der Waals surface area contributed by atoms with E-state index in [0.717, 1.165) is 25.9 Å². The summed E-state index contributed by atoms with van der Waals surface area (Å²) in [7, 11) is 0. The van der Waals surface area contributed by atoms with Crippen molar-refractivity contribution in [3.05, 3.63) is 0 Å². The van der Waals surface area contributed by atoms with Gasteiger partial charge in [-0.2, -0.15) is 0 Å². The zero-order valence-corrected chi connectivity index (χ0v) is 11.7. The third kappa shape index (κ3) is 3.69. The van der Waals surface area contributed by atoms with Crippen molar-refractivity contribution in [1.82, 2.24) is 10.2 Å². The summed E-state index contributed by atoms with van der Waals surface area (Å²) in [5.74, 6) is -0.0126. The topological polar surface area (TPSA) is 69.6 Å². The molecule has 19 heavy (non-hydrogen) atoms. The number of rotatable bonds is 6. The number of aliphatic carboxylic acids is 1. The molecular weight excluding hydrogens is 244 g/mol. The van der Waals surface area contributed by atoms with Gasteiger partial charge in [-0.15, -0.1) is 0 Å². The second kappa shape index (κ2) is 5.90. The fraction of sp³-hybridized carbons (Fsp3) is 0.857. The van der Waals surface area contributed by atoms with E-state index in [1.165, 1.54) is 12.8 Å². The van der Waals surface area contributed by atoms with Crippen LogP contribution in [0.4, 0.5) is 0 Å². The van der Waals surface area contributed by atoms with Crippen LogP contribution in [0.15, 0.2) is 0 Å². The first-order valence-corrected chi connectivity index (χ1v) is 7.28. The van der Waals surface area contributed by atoms with Crippen LogP contribution in [-0.2, 0) is 9.59 Å². The molecule has 1 heterocycles. The van der Waals surface area contributed by atoms with Gasteiger partial charge in [0.2, 0.25) is 5.91 Å². The third-order valence-electron chi connectivity index (χ3n) is 4.44. The van der Waals surface area contributed by atoms with E-state index in [-0.39, 0.29) is 5.91 Å². The number of likely N-dealkylation sites (tertiary alicyclic amines) is 1. The Labute approximate surface area is 114 Å². The number of piperidine rings is 1. The molecule has 2 aliphatic rings. The van der Waals surface area contributed by atoms with Gasteiger partial charge in [0.15, 0.2) is 0 Å². The molecule has 1 amide bonds. The van der Waals surface area contributed by atoms with Crippen LogP contribution in [0.3, 0.4) is 0 Å². The number of carbonyl (C=O) groups excluding carboxylic acids is 1. The first kappa shape index (κ1) is 14.3. The Bertz CT molecular complexity index is 355. The zero-order valence-electron chi connectivity index (χ0n) is 11.7.